The van der Waals surface area contributed by atoms with Gasteiger partial charge in [-0.25, -0.2) is 4.98 Å². The van der Waals surface area contributed by atoms with Crippen LogP contribution in [0.4, 0.5) is 0 Å². The minimum absolute atomic E-state index is 0.231. The number of aryl methyl sites for hydroxylation is 1. The molecular weight excluding hydrogens is 490 g/mol. The summed E-state index contributed by atoms with van der Waals surface area (Å²) in [5, 5.41) is 4.30. The summed E-state index contributed by atoms with van der Waals surface area (Å²) in [6.07, 6.45) is 19.4. The second kappa shape index (κ2) is 16.9. The molecule has 1 aliphatic carbocycles. The van der Waals surface area contributed by atoms with Crippen LogP contribution in [0.1, 0.15) is 64.6 Å². The number of aromatic nitrogens is 2. The molecule has 3 heterocycles. The number of carbonyl (C=O) groups is 1. The van der Waals surface area contributed by atoms with Gasteiger partial charge in [0, 0.05) is 19.8 Å². The molecule has 0 saturated carbocycles. The number of carbonyl (C=O) groups excluding carboxylic acids is 1. The maximum Gasteiger partial charge on any atom is 0.219 e. The van der Waals surface area contributed by atoms with E-state index in [1.54, 1.807) is 25.4 Å². The number of hydrogen-bond acceptors (Lipinski definition) is 6. The van der Waals surface area contributed by atoms with Crippen molar-refractivity contribution in [3.63, 3.8) is 0 Å². The van der Waals surface area contributed by atoms with Crippen molar-refractivity contribution in [2.45, 2.75) is 66.5 Å². The number of allylic oxidation sites excluding steroid dienone is 4. The smallest absolute Gasteiger partial charge is 0.219 e. The van der Waals surface area contributed by atoms with Crippen molar-refractivity contribution in [3.8, 4) is 11.4 Å². The molecule has 0 spiro atoms. The Hall–Kier alpha value is -3.81. The molecule has 1 fully saturated rings. The summed E-state index contributed by atoms with van der Waals surface area (Å²) >= 11 is 0. The third-order valence-electron chi connectivity index (χ3n) is 6.05. The van der Waals surface area contributed by atoms with E-state index in [9.17, 15) is 4.79 Å². The first-order valence-corrected chi connectivity index (χ1v) is 14.0. The highest BCUT2D eigenvalue weighted by Gasteiger charge is 2.35. The average Bonchev–Trinajstić information content (AvgIpc) is 3.63. The van der Waals surface area contributed by atoms with E-state index in [0.717, 1.165) is 59.9 Å². The Bertz CT molecular complexity index is 1140. The van der Waals surface area contributed by atoms with Crippen LogP contribution in [0.5, 0.6) is 5.75 Å². The maximum atomic E-state index is 10.9. The SMILES string of the molecule is C1=CCCC=C1.CC.CC.COc1cc(/C=C2\CCCN3C2=NO[C@H]3CN(C)C=O)ccc1-n1cnc(C)c1. The number of nitrogens with zero attached hydrogens (tertiary/aromatic N) is 5. The first-order chi connectivity index (χ1) is 19.1. The van der Waals surface area contributed by atoms with E-state index < -0.39 is 0 Å². The summed E-state index contributed by atoms with van der Waals surface area (Å²) < 4.78 is 7.57. The van der Waals surface area contributed by atoms with Crippen LogP contribution < -0.4 is 4.74 Å². The molecule has 3 aliphatic rings. The number of rotatable bonds is 6. The molecule has 0 unspecified atom stereocenters. The largest absolute Gasteiger partial charge is 0.495 e. The molecule has 0 N–H and O–H groups in total. The van der Waals surface area contributed by atoms with Crippen LogP contribution in [0.15, 0.2) is 65.8 Å². The van der Waals surface area contributed by atoms with Crippen LogP contribution in [-0.4, -0.2) is 65.1 Å². The molecule has 212 valence electrons. The topological polar surface area (TPSA) is 72.2 Å². The predicted octanol–water partition coefficient (Wildman–Crippen LogP) is 6.37. The third kappa shape index (κ3) is 8.87. The molecule has 8 heteroatoms. The minimum atomic E-state index is -0.231. The number of hydrogen-bond donors (Lipinski definition) is 0. The van der Waals surface area contributed by atoms with E-state index in [2.05, 4.69) is 51.5 Å². The highest BCUT2D eigenvalue weighted by Crippen LogP contribution is 2.30. The molecule has 2 aromatic rings. The second-order valence-electron chi connectivity index (χ2n) is 8.77. The Balaban J connectivity index is 0.000000458. The number of amidine groups is 1. The van der Waals surface area contributed by atoms with Crippen molar-refractivity contribution < 1.29 is 14.4 Å². The fourth-order valence-corrected chi connectivity index (χ4v) is 4.25. The first-order valence-electron chi connectivity index (χ1n) is 14.0. The lowest BCUT2D eigenvalue weighted by atomic mass is 10.00. The number of fused-ring (bicyclic) bond motifs is 1. The molecule has 39 heavy (non-hydrogen) atoms. The van der Waals surface area contributed by atoms with E-state index in [1.165, 1.54) is 12.8 Å². The number of benzene rings is 1. The van der Waals surface area contributed by atoms with Crippen LogP contribution in [0.25, 0.3) is 11.8 Å². The van der Waals surface area contributed by atoms with Gasteiger partial charge < -0.3 is 23.9 Å². The zero-order valence-corrected chi connectivity index (χ0v) is 24.6. The van der Waals surface area contributed by atoms with Crippen molar-refractivity contribution in [2.24, 2.45) is 5.16 Å². The summed E-state index contributed by atoms with van der Waals surface area (Å²) in [7, 11) is 3.41. The number of oxime groups is 1. The summed E-state index contributed by atoms with van der Waals surface area (Å²) in [4.78, 5) is 24.5. The number of imidazole rings is 1. The monoisotopic (exact) mass is 535 g/mol. The quantitative estimate of drug-likeness (QED) is 0.402. The van der Waals surface area contributed by atoms with Gasteiger partial charge in [0.15, 0.2) is 5.84 Å². The van der Waals surface area contributed by atoms with Crippen LogP contribution in [0.2, 0.25) is 0 Å². The molecule has 1 atom stereocenters. The van der Waals surface area contributed by atoms with Gasteiger partial charge in [-0.15, -0.1) is 0 Å². The lowest BCUT2D eigenvalue weighted by molar-refractivity contribution is -0.119. The predicted molar refractivity (Wildman–Crippen MR) is 160 cm³/mol. The van der Waals surface area contributed by atoms with Crippen molar-refractivity contribution in [2.75, 3.05) is 27.2 Å². The van der Waals surface area contributed by atoms with Gasteiger partial charge in [0.1, 0.15) is 5.75 Å². The maximum absolute atomic E-state index is 10.9. The van der Waals surface area contributed by atoms with E-state index in [1.807, 2.05) is 57.5 Å². The Morgan fingerprint density at radius 1 is 1.15 bits per heavy atom. The molecule has 0 radical (unpaired) electrons. The van der Waals surface area contributed by atoms with Gasteiger partial charge in [-0.2, -0.15) is 0 Å². The zero-order valence-electron chi connectivity index (χ0n) is 24.6. The molecule has 1 saturated heterocycles. The first kappa shape index (κ1) is 31.4. The molecule has 0 bridgehead atoms. The van der Waals surface area contributed by atoms with Crippen molar-refractivity contribution in [3.05, 3.63) is 71.9 Å². The van der Waals surface area contributed by atoms with Crippen molar-refractivity contribution in [1.82, 2.24) is 19.4 Å². The molecule has 8 nitrogen and oxygen atoms in total. The number of methoxy groups -OCH3 is 1. The summed E-state index contributed by atoms with van der Waals surface area (Å²) in [5.41, 5.74) is 4.06. The third-order valence-corrected chi connectivity index (χ3v) is 6.05. The van der Waals surface area contributed by atoms with Crippen molar-refractivity contribution in [1.29, 1.82) is 0 Å². The molecule has 2 aliphatic heterocycles. The number of amides is 1. The number of likely N-dealkylation sites (N-methyl/N-ethyl adjacent to an activating group) is 1. The molecule has 5 rings (SSSR count). The minimum Gasteiger partial charge on any atom is -0.495 e. The van der Waals surface area contributed by atoms with Gasteiger partial charge in [0.2, 0.25) is 12.6 Å². The Labute approximate surface area is 234 Å². The Morgan fingerprint density at radius 2 is 1.87 bits per heavy atom. The van der Waals surface area contributed by atoms with Crippen LogP contribution >= 0.6 is 0 Å². The number of piperidine rings is 1. The Morgan fingerprint density at radius 3 is 2.44 bits per heavy atom. The van der Waals surface area contributed by atoms with E-state index >= 15 is 0 Å². The highest BCUT2D eigenvalue weighted by molar-refractivity contribution is 6.03. The standard InChI is InChI=1S/C21H25N5O3.C6H8.2C2H6/c1-15-11-25(13-22-15)18-7-6-16(10-19(18)28-3)9-17-5-4-8-26-20(12-24(2)14-27)29-23-21(17)26;1-2-4-6-5-3-1;2*1-2/h6-7,9-11,13-14,20H,4-5,8,12H2,1-3H3;1-4H,5-6H2;2*1-2H3/b17-9+;;;/t20-;;;/m0.../s1. The molecule has 1 amide bonds. The lowest BCUT2D eigenvalue weighted by Gasteiger charge is -2.31. The van der Waals surface area contributed by atoms with E-state index in [0.29, 0.717) is 6.54 Å². The van der Waals surface area contributed by atoms with Crippen LogP contribution in [0, 0.1) is 6.92 Å². The molecular formula is C31H45N5O3. The zero-order chi connectivity index (χ0) is 28.6. The summed E-state index contributed by atoms with van der Waals surface area (Å²) in [6.45, 7) is 11.3. The normalized spacial score (nSPS) is 17.7. The van der Waals surface area contributed by atoms with Gasteiger partial charge in [-0.05, 0) is 62.0 Å². The van der Waals surface area contributed by atoms with E-state index in [4.69, 9.17) is 9.57 Å². The number of ether oxygens (including phenoxy) is 1. The van der Waals surface area contributed by atoms with Crippen molar-refractivity contribution >= 4 is 18.3 Å². The fraction of sp³-hybridized carbons (Fsp3) is 0.452. The lowest BCUT2D eigenvalue weighted by Crippen LogP contribution is -2.45. The van der Waals surface area contributed by atoms with E-state index in [-0.39, 0.29) is 6.23 Å². The Kier molecular flexibility index (Phi) is 13.6. The van der Waals surface area contributed by atoms with Gasteiger partial charge in [0.05, 0.1) is 31.4 Å². The summed E-state index contributed by atoms with van der Waals surface area (Å²) in [5.74, 6) is 1.63. The second-order valence-corrected chi connectivity index (χ2v) is 8.77. The highest BCUT2D eigenvalue weighted by atomic mass is 16.7. The van der Waals surface area contributed by atoms with Gasteiger partial charge in [0.25, 0.3) is 0 Å². The molecule has 1 aromatic heterocycles. The van der Waals surface area contributed by atoms with Gasteiger partial charge in [-0.1, -0.05) is 63.2 Å². The van der Waals surface area contributed by atoms with Gasteiger partial charge in [-0.3, -0.25) is 4.79 Å². The van der Waals surface area contributed by atoms with Crippen LogP contribution in [-0.2, 0) is 9.63 Å². The van der Waals surface area contributed by atoms with Crippen LogP contribution in [0.3, 0.4) is 0 Å². The van der Waals surface area contributed by atoms with Gasteiger partial charge >= 0.3 is 0 Å². The average molecular weight is 536 g/mol. The molecule has 1 aromatic carbocycles. The fourth-order valence-electron chi connectivity index (χ4n) is 4.25. The summed E-state index contributed by atoms with van der Waals surface area (Å²) in [6, 6.07) is 6.11.